The molecule has 0 unspecified atom stereocenters. The van der Waals surface area contributed by atoms with Crippen LogP contribution in [0.15, 0.2) is 65.1 Å². The fourth-order valence-corrected chi connectivity index (χ4v) is 2.75. The molecule has 0 spiro atoms. The summed E-state index contributed by atoms with van der Waals surface area (Å²) in [4.78, 5) is 12.2. The first kappa shape index (κ1) is 18.6. The highest BCUT2D eigenvalue weighted by Gasteiger charge is 2.12. The first-order valence-corrected chi connectivity index (χ1v) is 8.84. The first-order chi connectivity index (χ1) is 13.2. The minimum Gasteiger partial charge on any atom is -0.493 e. The molecular formula is C22H23NO4. The van der Waals surface area contributed by atoms with Gasteiger partial charge in [0.15, 0.2) is 17.3 Å². The number of methoxy groups -OCH3 is 1. The number of hydrogen-bond acceptors (Lipinski definition) is 4. The van der Waals surface area contributed by atoms with Crippen LogP contribution in [0.2, 0.25) is 0 Å². The van der Waals surface area contributed by atoms with Crippen molar-refractivity contribution < 1.29 is 18.7 Å². The largest absolute Gasteiger partial charge is 0.493 e. The van der Waals surface area contributed by atoms with Crippen LogP contribution in [0.4, 0.5) is 0 Å². The maximum absolute atomic E-state index is 12.2. The van der Waals surface area contributed by atoms with E-state index in [-0.39, 0.29) is 18.3 Å². The number of rotatable bonds is 8. The van der Waals surface area contributed by atoms with E-state index in [0.29, 0.717) is 23.8 Å². The molecule has 27 heavy (non-hydrogen) atoms. The molecule has 0 bridgehead atoms. The standard InChI is InChI=1S/C22H23NO4/c1-16-7-3-4-8-17(16)13-14-23-22(24)21-12-11-18(27-21)15-26-20-10-6-5-9-19(20)25-2/h3-12H,13-15H2,1-2H3,(H,23,24). The zero-order chi connectivity index (χ0) is 19.1. The zero-order valence-electron chi connectivity index (χ0n) is 15.5. The molecule has 0 saturated heterocycles. The van der Waals surface area contributed by atoms with Gasteiger partial charge in [-0.3, -0.25) is 4.79 Å². The van der Waals surface area contributed by atoms with E-state index in [1.165, 1.54) is 11.1 Å². The van der Waals surface area contributed by atoms with E-state index in [1.807, 2.05) is 36.4 Å². The van der Waals surface area contributed by atoms with Gasteiger partial charge in [-0.05, 0) is 48.7 Å². The molecule has 0 fully saturated rings. The number of carbonyl (C=O) groups is 1. The normalized spacial score (nSPS) is 10.4. The summed E-state index contributed by atoms with van der Waals surface area (Å²) in [6.45, 7) is 2.84. The first-order valence-electron chi connectivity index (χ1n) is 8.84. The van der Waals surface area contributed by atoms with E-state index in [9.17, 15) is 4.79 Å². The molecule has 2 aromatic carbocycles. The summed E-state index contributed by atoms with van der Waals surface area (Å²) in [6, 6.07) is 18.9. The molecule has 1 aromatic heterocycles. The van der Waals surface area contributed by atoms with Gasteiger partial charge in [-0.2, -0.15) is 0 Å². The summed E-state index contributed by atoms with van der Waals surface area (Å²) in [7, 11) is 1.59. The van der Waals surface area contributed by atoms with Gasteiger partial charge in [0.05, 0.1) is 7.11 Å². The summed E-state index contributed by atoms with van der Waals surface area (Å²) in [5.74, 6) is 1.90. The van der Waals surface area contributed by atoms with Crippen LogP contribution in [0.5, 0.6) is 11.5 Å². The molecule has 1 heterocycles. The van der Waals surface area contributed by atoms with Crippen LogP contribution in [0, 0.1) is 6.92 Å². The lowest BCUT2D eigenvalue weighted by Crippen LogP contribution is -2.25. The Hall–Kier alpha value is -3.21. The molecule has 5 nitrogen and oxygen atoms in total. The predicted octanol–water partition coefficient (Wildman–Crippen LogP) is 4.15. The van der Waals surface area contributed by atoms with Crippen molar-refractivity contribution in [1.82, 2.24) is 5.32 Å². The van der Waals surface area contributed by atoms with Crippen molar-refractivity contribution >= 4 is 5.91 Å². The Morgan fingerprint density at radius 1 is 1.00 bits per heavy atom. The van der Waals surface area contributed by atoms with Crippen molar-refractivity contribution in [2.24, 2.45) is 0 Å². The number of hydrogen-bond donors (Lipinski definition) is 1. The van der Waals surface area contributed by atoms with Crippen LogP contribution in [0.3, 0.4) is 0 Å². The van der Waals surface area contributed by atoms with Crippen LogP contribution in [-0.4, -0.2) is 19.6 Å². The second-order valence-corrected chi connectivity index (χ2v) is 6.14. The quantitative estimate of drug-likeness (QED) is 0.651. The number of benzene rings is 2. The van der Waals surface area contributed by atoms with E-state index in [4.69, 9.17) is 13.9 Å². The van der Waals surface area contributed by atoms with Gasteiger partial charge in [-0.25, -0.2) is 0 Å². The lowest BCUT2D eigenvalue weighted by atomic mass is 10.1. The van der Waals surface area contributed by atoms with Gasteiger partial charge in [0, 0.05) is 6.54 Å². The third-order valence-corrected chi connectivity index (χ3v) is 4.27. The number of amides is 1. The predicted molar refractivity (Wildman–Crippen MR) is 103 cm³/mol. The summed E-state index contributed by atoms with van der Waals surface area (Å²) in [5.41, 5.74) is 2.45. The van der Waals surface area contributed by atoms with Crippen molar-refractivity contribution in [2.45, 2.75) is 20.0 Å². The fourth-order valence-electron chi connectivity index (χ4n) is 2.75. The Morgan fingerprint density at radius 2 is 1.74 bits per heavy atom. The minimum atomic E-state index is -0.230. The molecule has 1 amide bonds. The third-order valence-electron chi connectivity index (χ3n) is 4.27. The van der Waals surface area contributed by atoms with E-state index >= 15 is 0 Å². The highest BCUT2D eigenvalue weighted by molar-refractivity contribution is 5.91. The zero-order valence-corrected chi connectivity index (χ0v) is 15.5. The summed E-state index contributed by atoms with van der Waals surface area (Å²) >= 11 is 0. The van der Waals surface area contributed by atoms with E-state index in [0.717, 1.165) is 6.42 Å². The Balaban J connectivity index is 1.51. The van der Waals surface area contributed by atoms with E-state index in [2.05, 4.69) is 24.4 Å². The Bertz CT molecular complexity index is 901. The van der Waals surface area contributed by atoms with Crippen LogP contribution < -0.4 is 14.8 Å². The van der Waals surface area contributed by atoms with E-state index in [1.54, 1.807) is 19.2 Å². The number of aryl methyl sites for hydroxylation is 1. The van der Waals surface area contributed by atoms with Crippen molar-refractivity contribution in [3.63, 3.8) is 0 Å². The molecule has 0 atom stereocenters. The second kappa shape index (κ2) is 8.94. The lowest BCUT2D eigenvalue weighted by molar-refractivity contribution is 0.0922. The Kier molecular flexibility index (Phi) is 6.15. The molecular weight excluding hydrogens is 342 g/mol. The van der Waals surface area contributed by atoms with Gasteiger partial charge in [0.1, 0.15) is 12.4 Å². The van der Waals surface area contributed by atoms with Crippen molar-refractivity contribution in [3.05, 3.63) is 83.3 Å². The molecule has 0 radical (unpaired) electrons. The molecule has 3 rings (SSSR count). The Morgan fingerprint density at radius 3 is 2.52 bits per heavy atom. The van der Waals surface area contributed by atoms with Gasteiger partial charge in [0.25, 0.3) is 5.91 Å². The molecule has 5 heteroatoms. The van der Waals surface area contributed by atoms with Crippen molar-refractivity contribution in [2.75, 3.05) is 13.7 Å². The molecule has 3 aromatic rings. The average Bonchev–Trinajstić information content (AvgIpc) is 3.17. The lowest BCUT2D eigenvalue weighted by Gasteiger charge is -2.09. The Labute approximate surface area is 158 Å². The molecule has 140 valence electrons. The molecule has 0 aliphatic carbocycles. The van der Waals surface area contributed by atoms with E-state index < -0.39 is 0 Å². The van der Waals surface area contributed by atoms with Crippen LogP contribution in [-0.2, 0) is 13.0 Å². The number of furan rings is 1. The van der Waals surface area contributed by atoms with Crippen molar-refractivity contribution in [3.8, 4) is 11.5 Å². The topological polar surface area (TPSA) is 60.7 Å². The average molecular weight is 365 g/mol. The van der Waals surface area contributed by atoms with Crippen LogP contribution in [0.25, 0.3) is 0 Å². The van der Waals surface area contributed by atoms with Gasteiger partial charge in [-0.15, -0.1) is 0 Å². The molecule has 1 N–H and O–H groups in total. The minimum absolute atomic E-state index is 0.219. The van der Waals surface area contributed by atoms with Gasteiger partial charge < -0.3 is 19.2 Å². The summed E-state index contributed by atoms with van der Waals surface area (Å²) in [6.07, 6.45) is 0.781. The second-order valence-electron chi connectivity index (χ2n) is 6.14. The molecule has 0 aliphatic heterocycles. The van der Waals surface area contributed by atoms with Gasteiger partial charge >= 0.3 is 0 Å². The summed E-state index contributed by atoms with van der Waals surface area (Å²) in [5, 5.41) is 2.89. The molecule has 0 aliphatic rings. The number of para-hydroxylation sites is 2. The monoisotopic (exact) mass is 365 g/mol. The maximum atomic E-state index is 12.2. The maximum Gasteiger partial charge on any atom is 0.287 e. The van der Waals surface area contributed by atoms with Crippen LogP contribution in [0.1, 0.15) is 27.4 Å². The SMILES string of the molecule is COc1ccccc1OCc1ccc(C(=O)NCCc2ccccc2C)o1. The number of ether oxygens (including phenoxy) is 2. The third kappa shape index (κ3) is 4.91. The van der Waals surface area contributed by atoms with Gasteiger partial charge in [-0.1, -0.05) is 36.4 Å². The smallest absolute Gasteiger partial charge is 0.287 e. The number of nitrogens with one attached hydrogen (secondary N) is 1. The highest BCUT2D eigenvalue weighted by Crippen LogP contribution is 2.26. The van der Waals surface area contributed by atoms with Crippen LogP contribution >= 0.6 is 0 Å². The molecule has 0 saturated carbocycles. The fraction of sp³-hybridized carbons (Fsp3) is 0.227. The highest BCUT2D eigenvalue weighted by atomic mass is 16.5. The van der Waals surface area contributed by atoms with Crippen molar-refractivity contribution in [1.29, 1.82) is 0 Å². The summed E-state index contributed by atoms with van der Waals surface area (Å²) < 4.78 is 16.5. The number of carbonyl (C=O) groups excluding carboxylic acids is 1. The van der Waals surface area contributed by atoms with Gasteiger partial charge in [0.2, 0.25) is 0 Å².